The number of rotatable bonds is 12. The Morgan fingerprint density at radius 1 is 0.851 bits per heavy atom. The van der Waals surface area contributed by atoms with Crippen LogP contribution >= 0.6 is 35.0 Å². The Hall–Kier alpha value is -4.50. The van der Waals surface area contributed by atoms with Crippen LogP contribution in [0.2, 0.25) is 10.0 Å². The van der Waals surface area contributed by atoms with E-state index in [4.69, 9.17) is 32.9 Å². The van der Waals surface area contributed by atoms with Gasteiger partial charge in [-0.1, -0.05) is 79.5 Å². The van der Waals surface area contributed by atoms with E-state index in [1.165, 1.54) is 0 Å². The van der Waals surface area contributed by atoms with Crippen LogP contribution in [0.3, 0.4) is 0 Å². The normalized spacial score (nSPS) is 11.2. The molecule has 0 N–H and O–H groups in total. The number of benzene rings is 4. The number of thioether (sulfide) groups is 1. The van der Waals surface area contributed by atoms with Crippen LogP contribution in [0.25, 0.3) is 11.0 Å². The van der Waals surface area contributed by atoms with Crippen LogP contribution in [0.15, 0.2) is 122 Å². The Morgan fingerprint density at radius 2 is 1.60 bits per heavy atom. The van der Waals surface area contributed by atoms with Gasteiger partial charge in [0.2, 0.25) is 5.91 Å². The first kappa shape index (κ1) is 32.4. The lowest BCUT2D eigenvalue weighted by molar-refractivity contribution is -0.116. The molecule has 0 radical (unpaired) electrons. The number of carbonyl (C=O) groups excluding carboxylic acids is 1. The van der Waals surface area contributed by atoms with Crippen molar-refractivity contribution in [3.63, 3.8) is 0 Å². The summed E-state index contributed by atoms with van der Waals surface area (Å²) >= 11 is 14.6. The molecule has 238 valence electrons. The summed E-state index contributed by atoms with van der Waals surface area (Å²) < 4.78 is 8.16. The molecule has 2 aromatic heterocycles. The quantitative estimate of drug-likeness (QED) is 0.128. The maximum absolute atomic E-state index is 13.4. The highest BCUT2D eigenvalue weighted by atomic mass is 35.5. The van der Waals surface area contributed by atoms with Gasteiger partial charge in [0.15, 0.2) is 5.82 Å². The molecule has 0 fully saturated rings. The molecular formula is C37H33Cl2N5O2S. The zero-order chi connectivity index (χ0) is 32.8. The maximum atomic E-state index is 13.4. The number of anilines is 4. The summed E-state index contributed by atoms with van der Waals surface area (Å²) in [6.07, 6.45) is 3.57. The molecule has 0 saturated heterocycles. The Labute approximate surface area is 288 Å². The Balaban J connectivity index is 1.36. The van der Waals surface area contributed by atoms with Crippen LogP contribution in [0.5, 0.6) is 11.5 Å². The van der Waals surface area contributed by atoms with Crippen molar-refractivity contribution < 1.29 is 9.53 Å². The fraction of sp³-hybridized carbons (Fsp3) is 0.162. The number of hydrogen-bond donors (Lipinski definition) is 0. The van der Waals surface area contributed by atoms with Crippen LogP contribution in [-0.2, 0) is 11.3 Å². The maximum Gasteiger partial charge on any atom is 0.237 e. The summed E-state index contributed by atoms with van der Waals surface area (Å²) in [5.74, 6) is 2.26. The first-order valence-corrected chi connectivity index (χ1v) is 17.0. The van der Waals surface area contributed by atoms with Gasteiger partial charge in [0.05, 0.1) is 16.3 Å². The lowest BCUT2D eigenvalue weighted by Crippen LogP contribution is -2.35. The average Bonchev–Trinajstić information content (AvgIpc) is 3.50. The second kappa shape index (κ2) is 14.9. The first-order chi connectivity index (χ1) is 22.9. The van der Waals surface area contributed by atoms with E-state index in [0.29, 0.717) is 51.5 Å². The second-order valence-corrected chi connectivity index (χ2v) is 13.4. The second-order valence-electron chi connectivity index (χ2n) is 11.0. The van der Waals surface area contributed by atoms with Crippen molar-refractivity contribution in [2.45, 2.75) is 25.6 Å². The number of para-hydroxylation sites is 2. The molecule has 10 heteroatoms. The van der Waals surface area contributed by atoms with Gasteiger partial charge in [0.25, 0.3) is 0 Å². The number of amides is 1. The third kappa shape index (κ3) is 7.73. The molecule has 0 bridgehead atoms. The lowest BCUT2D eigenvalue weighted by atomic mass is 10.2. The third-order valence-corrected chi connectivity index (χ3v) is 9.04. The van der Waals surface area contributed by atoms with E-state index in [0.717, 1.165) is 28.1 Å². The fourth-order valence-corrected chi connectivity index (χ4v) is 6.26. The molecule has 0 unspecified atom stereocenters. The van der Waals surface area contributed by atoms with Gasteiger partial charge < -0.3 is 14.2 Å². The van der Waals surface area contributed by atoms with Crippen molar-refractivity contribution in [1.29, 1.82) is 0 Å². The summed E-state index contributed by atoms with van der Waals surface area (Å²) in [5, 5.41) is 1.37. The smallest absolute Gasteiger partial charge is 0.237 e. The highest BCUT2D eigenvalue weighted by Gasteiger charge is 2.22. The molecule has 7 nitrogen and oxygen atoms in total. The van der Waals surface area contributed by atoms with Gasteiger partial charge in [-0.15, -0.1) is 11.8 Å². The van der Waals surface area contributed by atoms with Crippen LogP contribution in [0, 0.1) is 0 Å². The Kier molecular flexibility index (Phi) is 10.3. The summed E-state index contributed by atoms with van der Waals surface area (Å²) in [7, 11) is 0. The van der Waals surface area contributed by atoms with E-state index < -0.39 is 0 Å². The lowest BCUT2D eigenvalue weighted by Gasteiger charge is -2.27. The van der Waals surface area contributed by atoms with E-state index >= 15 is 0 Å². The molecule has 1 amide bonds. The van der Waals surface area contributed by atoms with E-state index in [9.17, 15) is 4.79 Å². The zero-order valence-corrected chi connectivity index (χ0v) is 28.3. The third-order valence-electron chi connectivity index (χ3n) is 7.43. The van der Waals surface area contributed by atoms with Crippen LogP contribution < -0.4 is 14.5 Å². The minimum atomic E-state index is 0.0727. The van der Waals surface area contributed by atoms with E-state index in [2.05, 4.69) is 28.3 Å². The largest absolute Gasteiger partial charge is 0.456 e. The minimum Gasteiger partial charge on any atom is -0.456 e. The van der Waals surface area contributed by atoms with Crippen molar-refractivity contribution in [3.8, 4) is 11.5 Å². The monoisotopic (exact) mass is 681 g/mol. The molecule has 0 aliphatic rings. The Bertz CT molecular complexity index is 1970. The van der Waals surface area contributed by atoms with Crippen molar-refractivity contribution >= 4 is 74.8 Å². The van der Waals surface area contributed by atoms with E-state index in [1.807, 2.05) is 108 Å². The summed E-state index contributed by atoms with van der Waals surface area (Å²) in [6.45, 7) is 5.21. The first-order valence-electron chi connectivity index (χ1n) is 15.2. The molecule has 6 rings (SSSR count). The van der Waals surface area contributed by atoms with Crippen LogP contribution in [0.4, 0.5) is 22.9 Å². The summed E-state index contributed by atoms with van der Waals surface area (Å²) in [5.41, 5.74) is 4.18. The topological polar surface area (TPSA) is 63.5 Å². The predicted octanol–water partition coefficient (Wildman–Crippen LogP) is 10.2. The molecule has 0 aliphatic heterocycles. The fourth-order valence-electron chi connectivity index (χ4n) is 5.23. The number of carbonyl (C=O) groups is 1. The molecule has 2 heterocycles. The van der Waals surface area contributed by atoms with Crippen molar-refractivity contribution in [3.05, 3.63) is 132 Å². The van der Waals surface area contributed by atoms with Crippen LogP contribution in [0.1, 0.15) is 13.8 Å². The molecule has 0 atom stereocenters. The van der Waals surface area contributed by atoms with Gasteiger partial charge in [-0.05, 0) is 72.0 Å². The minimum absolute atomic E-state index is 0.0727. The standard InChI is InChI=1S/C37H33Cl2N5O2S/c1-26(2)47-24-35(45)43(28-11-5-3-6-12-28)21-20-42-19-18-33-36(42)37(41-25-40-33)44(29-13-7-4-8-14-29)30-16-17-34(32(39)23-30)46-31-15-9-10-27(38)22-31/h3-19,22-23,25-26H,20-21,24H2,1-2H3. The van der Waals surface area contributed by atoms with Gasteiger partial charge in [0, 0.05) is 41.4 Å². The van der Waals surface area contributed by atoms with Gasteiger partial charge in [-0.2, -0.15) is 0 Å². The number of ether oxygens (including phenoxy) is 1. The summed E-state index contributed by atoms with van der Waals surface area (Å²) in [4.78, 5) is 26.8. The van der Waals surface area contributed by atoms with E-state index in [-0.39, 0.29) is 5.91 Å². The number of fused-ring (bicyclic) bond motifs is 1. The predicted molar refractivity (Wildman–Crippen MR) is 195 cm³/mol. The molecule has 0 saturated carbocycles. The van der Waals surface area contributed by atoms with Gasteiger partial charge >= 0.3 is 0 Å². The van der Waals surface area contributed by atoms with Gasteiger partial charge in [-0.3, -0.25) is 9.69 Å². The van der Waals surface area contributed by atoms with Crippen molar-refractivity contribution in [1.82, 2.24) is 14.5 Å². The molecule has 0 aliphatic carbocycles. The van der Waals surface area contributed by atoms with Crippen molar-refractivity contribution in [2.75, 3.05) is 22.1 Å². The number of hydrogen-bond acceptors (Lipinski definition) is 6. The zero-order valence-electron chi connectivity index (χ0n) is 26.0. The molecule has 0 spiro atoms. The van der Waals surface area contributed by atoms with Crippen LogP contribution in [-0.4, -0.2) is 38.0 Å². The number of nitrogens with zero attached hydrogens (tertiary/aromatic N) is 5. The van der Waals surface area contributed by atoms with Crippen molar-refractivity contribution in [2.24, 2.45) is 0 Å². The molecule has 47 heavy (non-hydrogen) atoms. The number of aromatic nitrogens is 3. The van der Waals surface area contributed by atoms with Gasteiger partial charge in [0.1, 0.15) is 23.3 Å². The molecule has 6 aromatic rings. The SMILES string of the molecule is CC(C)SCC(=O)N(CCn1ccc2ncnc(N(c3ccccc3)c3ccc(Oc4cccc(Cl)c4)c(Cl)c3)c21)c1ccccc1. The van der Waals surface area contributed by atoms with E-state index in [1.54, 1.807) is 30.2 Å². The van der Waals surface area contributed by atoms with Gasteiger partial charge in [-0.25, -0.2) is 9.97 Å². The average molecular weight is 683 g/mol. The molecular weight excluding hydrogens is 649 g/mol. The number of halogens is 2. The highest BCUT2D eigenvalue weighted by molar-refractivity contribution is 8.00. The molecule has 4 aromatic carbocycles. The highest BCUT2D eigenvalue weighted by Crippen LogP contribution is 2.41. The summed E-state index contributed by atoms with van der Waals surface area (Å²) in [6, 6.07) is 34.6. The Morgan fingerprint density at radius 3 is 2.30 bits per heavy atom.